The van der Waals surface area contributed by atoms with Crippen LogP contribution in [0.25, 0.3) is 0 Å². The minimum absolute atomic E-state index is 0.00472. The van der Waals surface area contributed by atoms with E-state index in [4.69, 9.17) is 0 Å². The van der Waals surface area contributed by atoms with Gasteiger partial charge in [0.15, 0.2) is 0 Å². The van der Waals surface area contributed by atoms with E-state index in [-0.39, 0.29) is 10.9 Å². The summed E-state index contributed by atoms with van der Waals surface area (Å²) < 4.78 is 25.9. The lowest BCUT2D eigenvalue weighted by atomic mass is 10.2. The smallest absolute Gasteiger partial charge is 0.243 e. The highest BCUT2D eigenvalue weighted by Gasteiger charge is 2.18. The summed E-state index contributed by atoms with van der Waals surface area (Å²) in [5.41, 5.74) is 0. The Kier molecular flexibility index (Phi) is 3.65. The van der Waals surface area contributed by atoms with E-state index in [0.29, 0.717) is 0 Å². The predicted molar refractivity (Wildman–Crippen MR) is 53.3 cm³/mol. The molecule has 0 atom stereocenters. The molecule has 1 heterocycles. The number of nitrogens with zero attached hydrogens (tertiary/aromatic N) is 1. The highest BCUT2D eigenvalue weighted by Crippen LogP contribution is 2.07. The molecule has 2 N–H and O–H groups in total. The van der Waals surface area contributed by atoms with E-state index in [1.807, 2.05) is 13.8 Å². The molecule has 0 saturated heterocycles. The molecule has 14 heavy (non-hydrogen) atoms. The van der Waals surface area contributed by atoms with Crippen LogP contribution in [0.15, 0.2) is 17.3 Å². The molecule has 1 aromatic rings. The average molecular weight is 217 g/mol. The van der Waals surface area contributed by atoms with Crippen LogP contribution >= 0.6 is 0 Å². The van der Waals surface area contributed by atoms with Gasteiger partial charge >= 0.3 is 0 Å². The number of rotatable bonds is 5. The van der Waals surface area contributed by atoms with E-state index in [1.165, 1.54) is 12.4 Å². The molecular formula is C8H15N3O2S. The van der Waals surface area contributed by atoms with Gasteiger partial charge in [0.1, 0.15) is 4.90 Å². The summed E-state index contributed by atoms with van der Waals surface area (Å²) in [5.74, 6) is 0. The predicted octanol–water partition coefficient (Wildman–Crippen LogP) is 0.877. The fourth-order valence-electron chi connectivity index (χ4n) is 1.13. The highest BCUT2D eigenvalue weighted by molar-refractivity contribution is 7.89. The van der Waals surface area contributed by atoms with Gasteiger partial charge in [0, 0.05) is 12.2 Å². The van der Waals surface area contributed by atoms with E-state index < -0.39 is 10.0 Å². The van der Waals surface area contributed by atoms with Crippen LogP contribution in [-0.4, -0.2) is 24.7 Å². The standard InChI is InChI=1S/C8H15N3O2S/c1-3-7(4-2)11-14(12,13)8-5-9-10-6-8/h5-7,11H,3-4H2,1-2H3,(H,9,10). The lowest BCUT2D eigenvalue weighted by molar-refractivity contribution is 0.530. The Morgan fingerprint density at radius 1 is 1.50 bits per heavy atom. The van der Waals surface area contributed by atoms with Gasteiger partial charge in [-0.05, 0) is 12.8 Å². The van der Waals surface area contributed by atoms with Gasteiger partial charge < -0.3 is 0 Å². The maximum atomic E-state index is 11.7. The van der Waals surface area contributed by atoms with Gasteiger partial charge in [-0.1, -0.05) is 13.8 Å². The molecule has 0 amide bonds. The molecule has 80 valence electrons. The first kappa shape index (κ1) is 11.2. The Hall–Kier alpha value is -0.880. The Balaban J connectivity index is 2.77. The Bertz CT molecular complexity index is 354. The third kappa shape index (κ3) is 2.55. The summed E-state index contributed by atoms with van der Waals surface area (Å²) in [6.45, 7) is 3.90. The molecule has 6 heteroatoms. The second-order valence-electron chi connectivity index (χ2n) is 3.07. The van der Waals surface area contributed by atoms with E-state index in [2.05, 4.69) is 14.9 Å². The molecule has 0 spiro atoms. The number of H-pyrrole nitrogens is 1. The van der Waals surface area contributed by atoms with Gasteiger partial charge in [-0.3, -0.25) is 5.10 Å². The summed E-state index contributed by atoms with van der Waals surface area (Å²) in [6, 6.07) is -0.00472. The quantitative estimate of drug-likeness (QED) is 0.768. The van der Waals surface area contributed by atoms with E-state index >= 15 is 0 Å². The summed E-state index contributed by atoms with van der Waals surface area (Å²) in [4.78, 5) is 0.185. The zero-order valence-corrected chi connectivity index (χ0v) is 9.13. The van der Waals surface area contributed by atoms with Gasteiger partial charge in [0.25, 0.3) is 0 Å². The Labute approximate surface area is 84.0 Å². The normalized spacial score (nSPS) is 12.2. The summed E-state index contributed by atoms with van der Waals surface area (Å²) in [5, 5.41) is 6.08. The van der Waals surface area contributed by atoms with Crippen molar-refractivity contribution in [2.45, 2.75) is 37.6 Å². The minimum atomic E-state index is -3.38. The van der Waals surface area contributed by atoms with Crippen molar-refractivity contribution in [2.24, 2.45) is 0 Å². The molecule has 1 rings (SSSR count). The zero-order chi connectivity index (χ0) is 10.6. The van der Waals surface area contributed by atoms with Crippen molar-refractivity contribution >= 4 is 10.0 Å². The molecule has 0 aliphatic rings. The molecule has 0 radical (unpaired) electrons. The minimum Gasteiger partial charge on any atom is -0.284 e. The maximum absolute atomic E-state index is 11.7. The number of sulfonamides is 1. The number of aromatic amines is 1. The fraction of sp³-hybridized carbons (Fsp3) is 0.625. The third-order valence-corrected chi connectivity index (χ3v) is 3.58. The third-order valence-electron chi connectivity index (χ3n) is 2.09. The number of nitrogens with one attached hydrogen (secondary N) is 2. The first-order chi connectivity index (χ1) is 6.60. The summed E-state index contributed by atoms with van der Waals surface area (Å²) in [6.07, 6.45) is 4.23. The SMILES string of the molecule is CCC(CC)NS(=O)(=O)c1cn[nH]c1. The average Bonchev–Trinajstić information content (AvgIpc) is 2.67. The van der Waals surface area contributed by atoms with E-state index in [9.17, 15) is 8.42 Å². The topological polar surface area (TPSA) is 74.8 Å². The van der Waals surface area contributed by atoms with Crippen LogP contribution in [0.5, 0.6) is 0 Å². The summed E-state index contributed by atoms with van der Waals surface area (Å²) in [7, 11) is -3.38. The van der Waals surface area contributed by atoms with Gasteiger partial charge in [0.2, 0.25) is 10.0 Å². The molecular weight excluding hydrogens is 202 g/mol. The molecule has 0 bridgehead atoms. The monoisotopic (exact) mass is 217 g/mol. The van der Waals surface area contributed by atoms with Crippen molar-refractivity contribution in [2.75, 3.05) is 0 Å². The van der Waals surface area contributed by atoms with Crippen molar-refractivity contribution in [3.8, 4) is 0 Å². The van der Waals surface area contributed by atoms with Crippen LogP contribution in [0.1, 0.15) is 26.7 Å². The van der Waals surface area contributed by atoms with Gasteiger partial charge in [-0.25, -0.2) is 13.1 Å². The van der Waals surface area contributed by atoms with Gasteiger partial charge in [-0.2, -0.15) is 5.10 Å². The van der Waals surface area contributed by atoms with Crippen LogP contribution in [0.2, 0.25) is 0 Å². The van der Waals surface area contributed by atoms with E-state index in [0.717, 1.165) is 12.8 Å². The Morgan fingerprint density at radius 3 is 2.57 bits per heavy atom. The van der Waals surface area contributed by atoms with E-state index in [1.54, 1.807) is 0 Å². The van der Waals surface area contributed by atoms with Crippen LogP contribution < -0.4 is 4.72 Å². The molecule has 0 aliphatic heterocycles. The van der Waals surface area contributed by atoms with Crippen LogP contribution in [0.4, 0.5) is 0 Å². The second kappa shape index (κ2) is 4.56. The molecule has 0 fully saturated rings. The number of aromatic nitrogens is 2. The van der Waals surface area contributed by atoms with Crippen LogP contribution in [0.3, 0.4) is 0 Å². The van der Waals surface area contributed by atoms with Crippen molar-refractivity contribution in [3.05, 3.63) is 12.4 Å². The van der Waals surface area contributed by atoms with Crippen LogP contribution in [0, 0.1) is 0 Å². The van der Waals surface area contributed by atoms with Crippen molar-refractivity contribution in [1.82, 2.24) is 14.9 Å². The van der Waals surface area contributed by atoms with Crippen molar-refractivity contribution < 1.29 is 8.42 Å². The van der Waals surface area contributed by atoms with Gasteiger partial charge in [-0.15, -0.1) is 0 Å². The lowest BCUT2D eigenvalue weighted by Crippen LogP contribution is -2.33. The van der Waals surface area contributed by atoms with Crippen LogP contribution in [-0.2, 0) is 10.0 Å². The zero-order valence-electron chi connectivity index (χ0n) is 8.32. The largest absolute Gasteiger partial charge is 0.284 e. The Morgan fingerprint density at radius 2 is 2.14 bits per heavy atom. The maximum Gasteiger partial charge on any atom is 0.243 e. The molecule has 0 unspecified atom stereocenters. The fourth-order valence-corrected chi connectivity index (χ4v) is 2.44. The highest BCUT2D eigenvalue weighted by atomic mass is 32.2. The summed E-state index contributed by atoms with van der Waals surface area (Å²) >= 11 is 0. The first-order valence-electron chi connectivity index (χ1n) is 4.61. The molecule has 5 nitrogen and oxygen atoms in total. The molecule has 0 saturated carbocycles. The molecule has 1 aromatic heterocycles. The number of hydrogen-bond acceptors (Lipinski definition) is 3. The van der Waals surface area contributed by atoms with Crippen molar-refractivity contribution in [1.29, 1.82) is 0 Å². The number of hydrogen-bond donors (Lipinski definition) is 2. The van der Waals surface area contributed by atoms with Gasteiger partial charge in [0.05, 0.1) is 6.20 Å². The van der Waals surface area contributed by atoms with Crippen molar-refractivity contribution in [3.63, 3.8) is 0 Å². The molecule has 0 aromatic carbocycles. The molecule has 0 aliphatic carbocycles. The first-order valence-corrected chi connectivity index (χ1v) is 6.09. The lowest BCUT2D eigenvalue weighted by Gasteiger charge is -2.13. The second-order valence-corrected chi connectivity index (χ2v) is 4.78.